The molecule has 4 aromatic rings. The Kier molecular flexibility index (Phi) is 4.88. The van der Waals surface area contributed by atoms with Gasteiger partial charge in [0.15, 0.2) is 5.82 Å². The minimum atomic E-state index is 0.0412. The second kappa shape index (κ2) is 7.64. The number of nitrogens with one attached hydrogen (secondary N) is 2. The number of halogens is 1. The maximum Gasteiger partial charge on any atom is 0.226 e. The largest absolute Gasteiger partial charge is 0.439 e. The monoisotopic (exact) mass is 408 g/mol. The van der Waals surface area contributed by atoms with Gasteiger partial charge in [-0.05, 0) is 42.8 Å². The standard InChI is InChI=1S/C19H17ClN8O/c1-10-7-12(5-6-14(10)20)23-19-26-17(27-28-19)11-3-2-4-13(8-11)29-16-9-15(21)24-18(22)25-16/h2-9H,1H3,(H4,21,22,24,25)(H2,23,26,27,28). The van der Waals surface area contributed by atoms with Gasteiger partial charge in [0.1, 0.15) is 11.6 Å². The zero-order valence-electron chi connectivity index (χ0n) is 15.3. The Morgan fingerprint density at radius 3 is 2.69 bits per heavy atom. The van der Waals surface area contributed by atoms with E-state index in [-0.39, 0.29) is 17.6 Å². The number of nitrogens with two attached hydrogens (primary N) is 2. The number of anilines is 4. The molecule has 146 valence electrons. The van der Waals surface area contributed by atoms with Crippen LogP contribution >= 0.6 is 11.6 Å². The Morgan fingerprint density at radius 1 is 1.03 bits per heavy atom. The van der Waals surface area contributed by atoms with Crippen LogP contribution in [0.5, 0.6) is 11.6 Å². The average molecular weight is 409 g/mol. The molecule has 0 aliphatic carbocycles. The summed E-state index contributed by atoms with van der Waals surface area (Å²) in [5, 5.41) is 12.2. The first kappa shape index (κ1) is 18.5. The number of rotatable bonds is 5. The molecule has 0 bridgehead atoms. The fraction of sp³-hybridized carbons (Fsp3) is 0.0526. The number of nitrogen functional groups attached to an aromatic ring is 2. The Balaban J connectivity index is 1.53. The summed E-state index contributed by atoms with van der Waals surface area (Å²) in [6, 6.07) is 14.4. The topological polar surface area (TPSA) is 141 Å². The molecule has 0 saturated carbocycles. The first-order valence-corrected chi connectivity index (χ1v) is 8.98. The van der Waals surface area contributed by atoms with Gasteiger partial charge in [0.25, 0.3) is 0 Å². The average Bonchev–Trinajstić information content (AvgIpc) is 3.13. The van der Waals surface area contributed by atoms with E-state index in [9.17, 15) is 0 Å². The molecule has 0 unspecified atom stereocenters. The smallest absolute Gasteiger partial charge is 0.226 e. The summed E-state index contributed by atoms with van der Waals surface area (Å²) in [5.74, 6) is 2.14. The predicted molar refractivity (Wildman–Crippen MR) is 112 cm³/mol. The van der Waals surface area contributed by atoms with Crippen molar-refractivity contribution in [2.75, 3.05) is 16.8 Å². The van der Waals surface area contributed by atoms with Gasteiger partial charge in [0.05, 0.1) is 0 Å². The Hall–Kier alpha value is -3.85. The number of aryl methyl sites for hydroxylation is 1. The van der Waals surface area contributed by atoms with Crippen LogP contribution in [0.3, 0.4) is 0 Å². The number of hydrogen-bond acceptors (Lipinski definition) is 8. The lowest BCUT2D eigenvalue weighted by Crippen LogP contribution is -2.00. The van der Waals surface area contributed by atoms with Crippen molar-refractivity contribution in [2.24, 2.45) is 0 Å². The molecule has 0 spiro atoms. The number of H-pyrrole nitrogens is 1. The van der Waals surface area contributed by atoms with Gasteiger partial charge >= 0.3 is 0 Å². The molecular weight excluding hydrogens is 392 g/mol. The molecule has 0 amide bonds. The zero-order valence-corrected chi connectivity index (χ0v) is 16.1. The summed E-state index contributed by atoms with van der Waals surface area (Å²) >= 11 is 6.06. The van der Waals surface area contributed by atoms with Crippen molar-refractivity contribution in [3.63, 3.8) is 0 Å². The minimum Gasteiger partial charge on any atom is -0.439 e. The normalized spacial score (nSPS) is 10.7. The molecule has 10 heteroatoms. The molecular formula is C19H17ClN8O. The summed E-state index contributed by atoms with van der Waals surface area (Å²) in [4.78, 5) is 11.0. The molecule has 6 N–H and O–H groups in total. The molecule has 0 saturated heterocycles. The Morgan fingerprint density at radius 2 is 1.90 bits per heavy atom. The number of aromatic nitrogens is 5. The SMILES string of the molecule is Cc1cc(Nc2nnc(-c3cccc(Oc4cc(N)nc(N)n4)c3)[nH]2)ccc1Cl. The van der Waals surface area contributed by atoms with Crippen LogP contribution in [0.25, 0.3) is 11.4 Å². The van der Waals surface area contributed by atoms with Crippen molar-refractivity contribution in [1.29, 1.82) is 0 Å². The number of benzene rings is 2. The van der Waals surface area contributed by atoms with Gasteiger partial charge in [0.2, 0.25) is 17.8 Å². The predicted octanol–water partition coefficient (Wildman–Crippen LogP) is 3.92. The van der Waals surface area contributed by atoms with Crippen molar-refractivity contribution in [2.45, 2.75) is 6.92 Å². The highest BCUT2D eigenvalue weighted by atomic mass is 35.5. The Labute approximate surface area is 171 Å². The van der Waals surface area contributed by atoms with E-state index >= 15 is 0 Å². The van der Waals surface area contributed by atoms with Crippen LogP contribution in [0.1, 0.15) is 5.56 Å². The van der Waals surface area contributed by atoms with Gasteiger partial charge in [-0.3, -0.25) is 0 Å². The van der Waals surface area contributed by atoms with Gasteiger partial charge < -0.3 is 26.5 Å². The second-order valence-corrected chi connectivity index (χ2v) is 6.64. The third kappa shape index (κ3) is 4.36. The van der Waals surface area contributed by atoms with Crippen LogP contribution in [-0.2, 0) is 0 Å². The van der Waals surface area contributed by atoms with E-state index in [0.717, 1.165) is 16.8 Å². The molecule has 0 aliphatic rings. The molecule has 0 atom stereocenters. The van der Waals surface area contributed by atoms with Crippen molar-refractivity contribution >= 4 is 35.0 Å². The van der Waals surface area contributed by atoms with Crippen LogP contribution in [0.15, 0.2) is 48.5 Å². The highest BCUT2D eigenvalue weighted by Crippen LogP contribution is 2.27. The lowest BCUT2D eigenvalue weighted by atomic mass is 10.2. The van der Waals surface area contributed by atoms with Crippen molar-refractivity contribution in [1.82, 2.24) is 25.1 Å². The molecule has 2 aromatic carbocycles. The van der Waals surface area contributed by atoms with E-state index in [1.165, 1.54) is 6.07 Å². The highest BCUT2D eigenvalue weighted by Gasteiger charge is 2.09. The first-order valence-electron chi connectivity index (χ1n) is 8.60. The summed E-state index contributed by atoms with van der Waals surface area (Å²) in [6.07, 6.45) is 0. The zero-order chi connectivity index (χ0) is 20.4. The summed E-state index contributed by atoms with van der Waals surface area (Å²) < 4.78 is 5.73. The van der Waals surface area contributed by atoms with Gasteiger partial charge in [-0.15, -0.1) is 10.2 Å². The number of aromatic amines is 1. The Bertz CT molecular complexity index is 1160. The quantitative estimate of drug-likeness (QED) is 0.389. The summed E-state index contributed by atoms with van der Waals surface area (Å²) in [5.41, 5.74) is 13.9. The second-order valence-electron chi connectivity index (χ2n) is 6.23. The van der Waals surface area contributed by atoms with Gasteiger partial charge in [-0.2, -0.15) is 9.97 Å². The molecule has 9 nitrogen and oxygen atoms in total. The van der Waals surface area contributed by atoms with E-state index in [0.29, 0.717) is 22.5 Å². The fourth-order valence-corrected chi connectivity index (χ4v) is 2.77. The highest BCUT2D eigenvalue weighted by molar-refractivity contribution is 6.31. The maximum atomic E-state index is 6.06. The van der Waals surface area contributed by atoms with Crippen molar-refractivity contribution in [3.8, 4) is 23.0 Å². The van der Waals surface area contributed by atoms with E-state index in [1.807, 2.05) is 37.3 Å². The third-order valence-electron chi connectivity index (χ3n) is 3.98. The van der Waals surface area contributed by atoms with E-state index in [1.54, 1.807) is 12.1 Å². The minimum absolute atomic E-state index is 0.0412. The van der Waals surface area contributed by atoms with Crippen LogP contribution < -0.4 is 21.5 Å². The molecule has 4 rings (SSSR count). The number of ether oxygens (including phenoxy) is 1. The third-order valence-corrected chi connectivity index (χ3v) is 4.40. The van der Waals surface area contributed by atoms with E-state index in [2.05, 4.69) is 30.5 Å². The van der Waals surface area contributed by atoms with E-state index < -0.39 is 0 Å². The molecule has 2 heterocycles. The van der Waals surface area contributed by atoms with Crippen molar-refractivity contribution < 1.29 is 4.74 Å². The molecule has 0 radical (unpaired) electrons. The van der Waals surface area contributed by atoms with Gasteiger partial charge in [-0.25, -0.2) is 0 Å². The van der Waals surface area contributed by atoms with Crippen LogP contribution in [-0.4, -0.2) is 25.1 Å². The summed E-state index contributed by atoms with van der Waals surface area (Å²) in [6.45, 7) is 1.93. The van der Waals surface area contributed by atoms with E-state index in [4.69, 9.17) is 27.8 Å². The lowest BCUT2D eigenvalue weighted by molar-refractivity contribution is 0.463. The number of hydrogen-bond donors (Lipinski definition) is 4. The van der Waals surface area contributed by atoms with Crippen LogP contribution in [0.4, 0.5) is 23.4 Å². The van der Waals surface area contributed by atoms with Crippen LogP contribution in [0, 0.1) is 6.92 Å². The van der Waals surface area contributed by atoms with Crippen molar-refractivity contribution in [3.05, 3.63) is 59.1 Å². The molecule has 29 heavy (non-hydrogen) atoms. The molecule has 0 aliphatic heterocycles. The van der Waals surface area contributed by atoms with Crippen LogP contribution in [0.2, 0.25) is 5.02 Å². The van der Waals surface area contributed by atoms with Gasteiger partial charge in [0, 0.05) is 22.3 Å². The number of nitrogens with zero attached hydrogens (tertiary/aromatic N) is 4. The summed E-state index contributed by atoms with van der Waals surface area (Å²) in [7, 11) is 0. The van der Waals surface area contributed by atoms with Gasteiger partial charge in [-0.1, -0.05) is 23.7 Å². The molecule has 2 aromatic heterocycles. The first-order chi connectivity index (χ1) is 14.0. The lowest BCUT2D eigenvalue weighted by Gasteiger charge is -2.07. The molecule has 0 fully saturated rings. The fourth-order valence-electron chi connectivity index (χ4n) is 2.65. The maximum absolute atomic E-state index is 6.06.